The van der Waals surface area contributed by atoms with E-state index < -0.39 is 17.6 Å². The van der Waals surface area contributed by atoms with E-state index >= 15 is 0 Å². The highest BCUT2D eigenvalue weighted by Gasteiger charge is 2.15. The van der Waals surface area contributed by atoms with Gasteiger partial charge in [-0.1, -0.05) is 6.07 Å². The van der Waals surface area contributed by atoms with E-state index in [1.165, 1.54) is 12.1 Å². The Morgan fingerprint density at radius 3 is 2.29 bits per heavy atom. The first-order valence-corrected chi connectivity index (χ1v) is 6.32. The summed E-state index contributed by atoms with van der Waals surface area (Å²) >= 11 is 0. The maximum absolute atomic E-state index is 13.4. The number of carbonyl (C=O) groups excluding carboxylic acids is 2. The summed E-state index contributed by atoms with van der Waals surface area (Å²) in [5.41, 5.74) is 5.40. The Morgan fingerprint density at radius 2 is 1.71 bits per heavy atom. The molecule has 6 heteroatoms. The molecule has 0 spiro atoms. The molecule has 2 N–H and O–H groups in total. The third-order valence-corrected chi connectivity index (χ3v) is 3.01. The van der Waals surface area contributed by atoms with Crippen molar-refractivity contribution in [1.82, 2.24) is 10.9 Å². The normalized spacial score (nSPS) is 10.3. The van der Waals surface area contributed by atoms with E-state index in [9.17, 15) is 14.0 Å². The number of rotatable bonds is 2. The standard InChI is InChI=1S/C15H15FN2O3/c1-8-4-5-11(7-13(8)16)14(19)17-18-15(20)12-6-9(2)21-10(12)3/h4-7H,1-3H3,(H,17,19)(H,18,20). The fraction of sp³-hybridized carbons (Fsp3) is 0.200. The predicted octanol–water partition coefficient (Wildman–Crippen LogP) is 2.42. The van der Waals surface area contributed by atoms with Gasteiger partial charge in [-0.3, -0.25) is 20.4 Å². The molecular formula is C15H15FN2O3. The molecule has 0 radical (unpaired) electrons. The van der Waals surface area contributed by atoms with E-state index in [0.717, 1.165) is 6.07 Å². The fourth-order valence-electron chi connectivity index (χ4n) is 1.84. The molecule has 1 heterocycles. The van der Waals surface area contributed by atoms with Gasteiger partial charge in [0.05, 0.1) is 5.56 Å². The fourth-order valence-corrected chi connectivity index (χ4v) is 1.84. The number of hydrazine groups is 1. The number of hydrogen-bond donors (Lipinski definition) is 2. The van der Waals surface area contributed by atoms with Gasteiger partial charge in [-0.15, -0.1) is 0 Å². The van der Waals surface area contributed by atoms with Crippen molar-refractivity contribution in [2.45, 2.75) is 20.8 Å². The Balaban J connectivity index is 2.02. The Hall–Kier alpha value is -2.63. The summed E-state index contributed by atoms with van der Waals surface area (Å²) in [6, 6.07) is 5.66. The number of nitrogens with one attached hydrogen (secondary N) is 2. The van der Waals surface area contributed by atoms with Crippen LogP contribution in [0.2, 0.25) is 0 Å². The molecule has 5 nitrogen and oxygen atoms in total. The summed E-state index contributed by atoms with van der Waals surface area (Å²) in [6.07, 6.45) is 0. The SMILES string of the molecule is Cc1cc(C(=O)NNC(=O)c2ccc(C)c(F)c2)c(C)o1. The first kappa shape index (κ1) is 14.8. The number of furan rings is 1. The molecule has 0 aliphatic rings. The largest absolute Gasteiger partial charge is 0.466 e. The Labute approximate surface area is 121 Å². The van der Waals surface area contributed by atoms with Crippen LogP contribution in [-0.4, -0.2) is 11.8 Å². The van der Waals surface area contributed by atoms with Crippen molar-refractivity contribution in [3.63, 3.8) is 0 Å². The van der Waals surface area contributed by atoms with Crippen LogP contribution in [0.1, 0.15) is 37.8 Å². The zero-order valence-corrected chi connectivity index (χ0v) is 11.9. The van der Waals surface area contributed by atoms with E-state index in [1.54, 1.807) is 26.8 Å². The van der Waals surface area contributed by atoms with Crippen molar-refractivity contribution in [2.75, 3.05) is 0 Å². The molecule has 0 fully saturated rings. The topological polar surface area (TPSA) is 71.3 Å². The van der Waals surface area contributed by atoms with Crippen LogP contribution in [0.4, 0.5) is 4.39 Å². The molecule has 110 valence electrons. The lowest BCUT2D eigenvalue weighted by Crippen LogP contribution is -2.41. The van der Waals surface area contributed by atoms with E-state index in [-0.39, 0.29) is 5.56 Å². The maximum atomic E-state index is 13.4. The highest BCUT2D eigenvalue weighted by atomic mass is 19.1. The second-order valence-electron chi connectivity index (χ2n) is 4.70. The predicted molar refractivity (Wildman–Crippen MR) is 74.3 cm³/mol. The first-order valence-electron chi connectivity index (χ1n) is 6.32. The molecule has 0 saturated carbocycles. The minimum absolute atomic E-state index is 0.124. The molecule has 0 aliphatic carbocycles. The summed E-state index contributed by atoms with van der Waals surface area (Å²) < 4.78 is 18.6. The van der Waals surface area contributed by atoms with Gasteiger partial charge < -0.3 is 4.42 Å². The molecule has 0 aliphatic heterocycles. The van der Waals surface area contributed by atoms with Crippen LogP contribution in [0, 0.1) is 26.6 Å². The van der Waals surface area contributed by atoms with Gasteiger partial charge >= 0.3 is 0 Å². The van der Waals surface area contributed by atoms with Crippen molar-refractivity contribution >= 4 is 11.8 Å². The number of aryl methyl sites for hydroxylation is 3. The summed E-state index contributed by atoms with van der Waals surface area (Å²) in [5, 5.41) is 0. The molecule has 1 aromatic carbocycles. The number of halogens is 1. The summed E-state index contributed by atoms with van der Waals surface area (Å²) in [7, 11) is 0. The summed E-state index contributed by atoms with van der Waals surface area (Å²) in [6.45, 7) is 4.97. The molecule has 1 aromatic heterocycles. The van der Waals surface area contributed by atoms with Gasteiger partial charge in [-0.05, 0) is 44.5 Å². The highest BCUT2D eigenvalue weighted by Crippen LogP contribution is 2.13. The van der Waals surface area contributed by atoms with Crippen molar-refractivity contribution in [1.29, 1.82) is 0 Å². The molecule has 2 aromatic rings. The van der Waals surface area contributed by atoms with Gasteiger partial charge in [0.2, 0.25) is 0 Å². The number of hydrogen-bond acceptors (Lipinski definition) is 3. The third-order valence-electron chi connectivity index (χ3n) is 3.01. The van der Waals surface area contributed by atoms with Gasteiger partial charge in [0.15, 0.2) is 0 Å². The number of carbonyl (C=O) groups is 2. The Bertz CT molecular complexity index is 707. The minimum atomic E-state index is -0.597. The molecule has 21 heavy (non-hydrogen) atoms. The quantitative estimate of drug-likeness (QED) is 0.834. The van der Waals surface area contributed by atoms with Gasteiger partial charge in [0.1, 0.15) is 17.3 Å². The summed E-state index contributed by atoms with van der Waals surface area (Å²) in [5.74, 6) is -0.508. The first-order chi connectivity index (χ1) is 9.88. The van der Waals surface area contributed by atoms with Crippen LogP contribution in [0.15, 0.2) is 28.7 Å². The molecule has 2 rings (SSSR count). The van der Waals surface area contributed by atoms with Gasteiger partial charge in [0, 0.05) is 5.56 Å². The summed E-state index contributed by atoms with van der Waals surface area (Å²) in [4.78, 5) is 23.7. The molecular weight excluding hydrogens is 275 g/mol. The van der Waals surface area contributed by atoms with Gasteiger partial charge in [-0.25, -0.2) is 4.39 Å². The van der Waals surface area contributed by atoms with Crippen LogP contribution in [0.5, 0.6) is 0 Å². The van der Waals surface area contributed by atoms with E-state index in [2.05, 4.69) is 10.9 Å². The Morgan fingerprint density at radius 1 is 1.05 bits per heavy atom. The van der Waals surface area contributed by atoms with E-state index in [1.807, 2.05) is 0 Å². The minimum Gasteiger partial charge on any atom is -0.466 e. The number of benzene rings is 1. The molecule has 0 saturated heterocycles. The average molecular weight is 290 g/mol. The third kappa shape index (κ3) is 3.28. The lowest BCUT2D eigenvalue weighted by Gasteiger charge is -2.07. The molecule has 0 unspecified atom stereocenters. The monoisotopic (exact) mass is 290 g/mol. The molecule has 0 atom stereocenters. The van der Waals surface area contributed by atoms with Crippen LogP contribution in [-0.2, 0) is 0 Å². The van der Waals surface area contributed by atoms with Gasteiger partial charge in [-0.2, -0.15) is 0 Å². The highest BCUT2D eigenvalue weighted by molar-refractivity contribution is 5.99. The van der Waals surface area contributed by atoms with Crippen LogP contribution < -0.4 is 10.9 Å². The van der Waals surface area contributed by atoms with Crippen molar-refractivity contribution in [3.8, 4) is 0 Å². The second-order valence-corrected chi connectivity index (χ2v) is 4.70. The zero-order chi connectivity index (χ0) is 15.6. The smallest absolute Gasteiger partial charge is 0.273 e. The van der Waals surface area contributed by atoms with Gasteiger partial charge in [0.25, 0.3) is 11.8 Å². The van der Waals surface area contributed by atoms with E-state index in [0.29, 0.717) is 22.6 Å². The van der Waals surface area contributed by atoms with Crippen LogP contribution >= 0.6 is 0 Å². The van der Waals surface area contributed by atoms with Crippen molar-refractivity contribution in [2.24, 2.45) is 0 Å². The van der Waals surface area contributed by atoms with Crippen molar-refractivity contribution in [3.05, 3.63) is 58.3 Å². The maximum Gasteiger partial charge on any atom is 0.273 e. The van der Waals surface area contributed by atoms with Crippen molar-refractivity contribution < 1.29 is 18.4 Å². The van der Waals surface area contributed by atoms with E-state index in [4.69, 9.17) is 4.42 Å². The average Bonchev–Trinajstić information content (AvgIpc) is 2.77. The lowest BCUT2D eigenvalue weighted by molar-refractivity contribution is 0.0845. The molecule has 2 amide bonds. The lowest BCUT2D eigenvalue weighted by atomic mass is 10.1. The zero-order valence-electron chi connectivity index (χ0n) is 11.9. The number of amides is 2. The second kappa shape index (κ2) is 5.78. The molecule has 0 bridgehead atoms. The van der Waals surface area contributed by atoms with Crippen LogP contribution in [0.3, 0.4) is 0 Å². The van der Waals surface area contributed by atoms with Crippen LogP contribution in [0.25, 0.3) is 0 Å². The Kier molecular flexibility index (Phi) is 4.07.